The monoisotopic (exact) mass is 312 g/mol. The van der Waals surface area contributed by atoms with E-state index >= 15 is 0 Å². The average Bonchev–Trinajstić information content (AvgIpc) is 2.94. The van der Waals surface area contributed by atoms with Gasteiger partial charge >= 0.3 is 5.97 Å². The maximum atomic E-state index is 10.9. The molecule has 23 heavy (non-hydrogen) atoms. The highest BCUT2D eigenvalue weighted by molar-refractivity contribution is 5.86. The van der Waals surface area contributed by atoms with Gasteiger partial charge in [0, 0.05) is 25.0 Å². The number of hydrogen-bond donors (Lipinski definition) is 1. The number of carbonyl (C=O) groups is 1. The third-order valence-corrected chi connectivity index (χ3v) is 5.11. The molecule has 6 heteroatoms. The number of aryl methyl sites for hydroxylation is 1. The Labute approximate surface area is 134 Å². The van der Waals surface area contributed by atoms with Gasteiger partial charge in [-0.15, -0.1) is 0 Å². The number of hydrogen-bond acceptors (Lipinski definition) is 4. The largest absolute Gasteiger partial charge is 0.478 e. The Morgan fingerprint density at radius 2 is 2.17 bits per heavy atom. The summed E-state index contributed by atoms with van der Waals surface area (Å²) in [6, 6.07) is 4.16. The average molecular weight is 312 g/mol. The Hall–Kier alpha value is -2.37. The van der Waals surface area contributed by atoms with Crippen LogP contribution in [0.4, 0.5) is 5.82 Å². The van der Waals surface area contributed by atoms with E-state index in [9.17, 15) is 4.79 Å². The van der Waals surface area contributed by atoms with Gasteiger partial charge in [0.25, 0.3) is 0 Å². The van der Waals surface area contributed by atoms with Gasteiger partial charge in [-0.05, 0) is 43.2 Å². The van der Waals surface area contributed by atoms with Crippen molar-refractivity contribution in [1.82, 2.24) is 14.8 Å². The summed E-state index contributed by atoms with van der Waals surface area (Å²) < 4.78 is 1.64. The van der Waals surface area contributed by atoms with E-state index in [1.807, 2.05) is 6.92 Å². The van der Waals surface area contributed by atoms with Gasteiger partial charge in [0.1, 0.15) is 5.82 Å². The first kappa shape index (κ1) is 14.2. The molecule has 4 rings (SSSR count). The normalized spacial score (nSPS) is 18.6. The molecule has 0 radical (unpaired) electrons. The molecular weight excluding hydrogens is 292 g/mol. The Kier molecular flexibility index (Phi) is 3.14. The lowest BCUT2D eigenvalue weighted by atomic mass is 10.1. The summed E-state index contributed by atoms with van der Waals surface area (Å²) in [5.41, 5.74) is 2.84. The van der Waals surface area contributed by atoms with E-state index in [1.54, 1.807) is 10.9 Å². The molecule has 1 spiro atoms. The summed E-state index contributed by atoms with van der Waals surface area (Å²) in [5.74, 6) is 0.103. The van der Waals surface area contributed by atoms with Crippen LogP contribution in [0.25, 0.3) is 0 Å². The standard InChI is InChI=1S/C17H20N4O2/c1-12-13(9-21-10-14(8-18-21)16(22)23)2-3-15(19-12)20-7-6-17(11-20)4-5-17/h2-3,8,10H,4-7,9,11H2,1H3,(H,22,23). The minimum absolute atomic E-state index is 0.207. The Balaban J connectivity index is 1.50. The zero-order valence-electron chi connectivity index (χ0n) is 13.2. The minimum atomic E-state index is -0.954. The molecule has 0 amide bonds. The lowest BCUT2D eigenvalue weighted by molar-refractivity contribution is 0.0697. The van der Waals surface area contributed by atoms with Crippen molar-refractivity contribution in [2.45, 2.75) is 32.7 Å². The summed E-state index contributed by atoms with van der Waals surface area (Å²) in [6.07, 6.45) is 6.95. The molecule has 2 fully saturated rings. The van der Waals surface area contributed by atoms with Crippen LogP contribution in [0.2, 0.25) is 0 Å². The highest BCUT2D eigenvalue weighted by Crippen LogP contribution is 2.53. The second-order valence-corrected chi connectivity index (χ2v) is 6.82. The van der Waals surface area contributed by atoms with Crippen LogP contribution in [-0.2, 0) is 6.54 Å². The molecule has 2 aromatic heterocycles. The molecule has 6 nitrogen and oxygen atoms in total. The van der Waals surface area contributed by atoms with E-state index in [2.05, 4.69) is 22.1 Å². The highest BCUT2D eigenvalue weighted by Gasteiger charge is 2.47. The molecule has 1 saturated carbocycles. The summed E-state index contributed by atoms with van der Waals surface area (Å²) >= 11 is 0. The van der Waals surface area contributed by atoms with Crippen molar-refractivity contribution in [2.75, 3.05) is 18.0 Å². The number of nitrogens with zero attached hydrogens (tertiary/aromatic N) is 4. The van der Waals surface area contributed by atoms with Gasteiger partial charge in [-0.3, -0.25) is 4.68 Å². The van der Waals surface area contributed by atoms with E-state index in [-0.39, 0.29) is 5.56 Å². The van der Waals surface area contributed by atoms with E-state index in [4.69, 9.17) is 10.1 Å². The third kappa shape index (κ3) is 2.69. The topological polar surface area (TPSA) is 71.2 Å². The second kappa shape index (κ2) is 5.08. The molecule has 0 atom stereocenters. The van der Waals surface area contributed by atoms with Gasteiger partial charge < -0.3 is 10.0 Å². The summed E-state index contributed by atoms with van der Waals surface area (Å²) in [6.45, 7) is 4.78. The van der Waals surface area contributed by atoms with Crippen molar-refractivity contribution in [2.24, 2.45) is 5.41 Å². The number of carboxylic acid groups (broad SMARTS) is 1. The molecule has 0 bridgehead atoms. The number of pyridine rings is 1. The zero-order chi connectivity index (χ0) is 16.0. The first-order chi connectivity index (χ1) is 11.0. The molecule has 1 aliphatic carbocycles. The second-order valence-electron chi connectivity index (χ2n) is 6.82. The van der Waals surface area contributed by atoms with E-state index in [1.165, 1.54) is 25.5 Å². The molecule has 2 aliphatic rings. The van der Waals surface area contributed by atoms with E-state index in [0.29, 0.717) is 12.0 Å². The van der Waals surface area contributed by atoms with Crippen LogP contribution < -0.4 is 4.90 Å². The number of carboxylic acids is 1. The first-order valence-corrected chi connectivity index (χ1v) is 8.02. The van der Waals surface area contributed by atoms with Crippen LogP contribution in [-0.4, -0.2) is 38.9 Å². The third-order valence-electron chi connectivity index (χ3n) is 5.11. The minimum Gasteiger partial charge on any atom is -0.478 e. The number of aromatic nitrogens is 3. The van der Waals surface area contributed by atoms with Crippen LogP contribution >= 0.6 is 0 Å². The molecule has 1 aliphatic heterocycles. The Morgan fingerprint density at radius 1 is 1.35 bits per heavy atom. The van der Waals surface area contributed by atoms with Gasteiger partial charge in [0.05, 0.1) is 18.3 Å². The molecular formula is C17H20N4O2. The quantitative estimate of drug-likeness (QED) is 0.938. The van der Waals surface area contributed by atoms with Gasteiger partial charge in [-0.2, -0.15) is 5.10 Å². The number of rotatable bonds is 4. The molecule has 2 aromatic rings. The predicted molar refractivity (Wildman–Crippen MR) is 85.8 cm³/mol. The van der Waals surface area contributed by atoms with Crippen molar-refractivity contribution < 1.29 is 9.90 Å². The van der Waals surface area contributed by atoms with Crippen molar-refractivity contribution in [1.29, 1.82) is 0 Å². The van der Waals surface area contributed by atoms with Crippen LogP contribution in [0.5, 0.6) is 0 Å². The summed E-state index contributed by atoms with van der Waals surface area (Å²) in [7, 11) is 0. The lowest BCUT2D eigenvalue weighted by Crippen LogP contribution is -2.21. The van der Waals surface area contributed by atoms with Crippen molar-refractivity contribution in [3.8, 4) is 0 Å². The van der Waals surface area contributed by atoms with Crippen molar-refractivity contribution in [3.63, 3.8) is 0 Å². The smallest absolute Gasteiger partial charge is 0.338 e. The number of anilines is 1. The van der Waals surface area contributed by atoms with Crippen LogP contribution in [0.1, 0.15) is 40.9 Å². The van der Waals surface area contributed by atoms with Crippen molar-refractivity contribution in [3.05, 3.63) is 41.3 Å². The van der Waals surface area contributed by atoms with Crippen LogP contribution in [0.15, 0.2) is 24.5 Å². The maximum Gasteiger partial charge on any atom is 0.338 e. The SMILES string of the molecule is Cc1nc(N2CCC3(CC3)C2)ccc1Cn1cc(C(=O)O)cn1. The highest BCUT2D eigenvalue weighted by atomic mass is 16.4. The molecule has 0 unspecified atom stereocenters. The Morgan fingerprint density at radius 3 is 2.78 bits per heavy atom. The fraction of sp³-hybridized carbons (Fsp3) is 0.471. The van der Waals surface area contributed by atoms with Gasteiger partial charge in [-0.25, -0.2) is 9.78 Å². The predicted octanol–water partition coefficient (Wildman–Crippen LogP) is 2.32. The molecule has 0 aromatic carbocycles. The van der Waals surface area contributed by atoms with Crippen LogP contribution in [0, 0.1) is 12.3 Å². The first-order valence-electron chi connectivity index (χ1n) is 8.02. The Bertz CT molecular complexity index is 764. The van der Waals surface area contributed by atoms with Gasteiger partial charge in [0.15, 0.2) is 0 Å². The van der Waals surface area contributed by atoms with Gasteiger partial charge in [-0.1, -0.05) is 6.07 Å². The zero-order valence-corrected chi connectivity index (χ0v) is 13.2. The van der Waals surface area contributed by atoms with E-state index in [0.717, 1.165) is 30.2 Å². The summed E-state index contributed by atoms with van der Waals surface area (Å²) in [5, 5.41) is 13.1. The lowest BCUT2D eigenvalue weighted by Gasteiger charge is -2.19. The fourth-order valence-electron chi connectivity index (χ4n) is 3.37. The molecule has 1 saturated heterocycles. The van der Waals surface area contributed by atoms with Crippen molar-refractivity contribution >= 4 is 11.8 Å². The molecule has 3 heterocycles. The van der Waals surface area contributed by atoms with Crippen LogP contribution in [0.3, 0.4) is 0 Å². The van der Waals surface area contributed by atoms with E-state index < -0.39 is 5.97 Å². The number of aromatic carboxylic acids is 1. The maximum absolute atomic E-state index is 10.9. The summed E-state index contributed by atoms with van der Waals surface area (Å²) in [4.78, 5) is 18.1. The molecule has 1 N–H and O–H groups in total. The van der Waals surface area contributed by atoms with Gasteiger partial charge in [0.2, 0.25) is 0 Å². The molecule has 120 valence electrons. The fourth-order valence-corrected chi connectivity index (χ4v) is 3.37.